The predicted molar refractivity (Wildman–Crippen MR) is 192 cm³/mol. The minimum atomic E-state index is 0.217. The number of hydrogen-bond donors (Lipinski definition) is 0. The molecule has 0 atom stereocenters. The third kappa shape index (κ3) is 2.37. The Hall–Kier alpha value is -5.05. The van der Waals surface area contributed by atoms with Crippen LogP contribution in [0.3, 0.4) is 0 Å². The van der Waals surface area contributed by atoms with Gasteiger partial charge >= 0.3 is 0 Å². The van der Waals surface area contributed by atoms with Gasteiger partial charge in [-0.05, 0) is 82.5 Å². The number of anilines is 3. The highest BCUT2D eigenvalue weighted by Gasteiger charge is 2.50. The number of rotatable bonds is 0. The molecule has 1 nitrogen and oxygen atoms in total. The minimum Gasteiger partial charge on any atom is -0.304 e. The van der Waals surface area contributed by atoms with Crippen LogP contribution in [0.1, 0.15) is 0 Å². The standard InChI is InChI=1S/C40H21B2NS/c1-2-11-24-22(9-1)23-10-3-4-13-26(23)35-27(24)19-20-31-36(35)28-14-7-18-34-37(28)42(31)33-17-8-16-32-39(33)43(34)40-38-29(21-44-40)25-12-5-6-15-30(25)41(32)38/h1-21H. The van der Waals surface area contributed by atoms with Crippen molar-refractivity contribution in [2.75, 3.05) is 4.90 Å². The number of benzene rings is 7. The number of fused-ring (bicyclic) bond motifs is 17. The molecule has 5 heterocycles. The first-order valence-electron chi connectivity index (χ1n) is 15.5. The van der Waals surface area contributed by atoms with Gasteiger partial charge in [-0.15, -0.1) is 11.3 Å². The summed E-state index contributed by atoms with van der Waals surface area (Å²) in [5.41, 5.74) is 17.1. The molecule has 0 saturated carbocycles. The van der Waals surface area contributed by atoms with Crippen molar-refractivity contribution in [1.29, 1.82) is 0 Å². The van der Waals surface area contributed by atoms with E-state index in [4.69, 9.17) is 0 Å². The van der Waals surface area contributed by atoms with Gasteiger partial charge in [-0.25, -0.2) is 0 Å². The summed E-state index contributed by atoms with van der Waals surface area (Å²) in [4.78, 5) is 2.63. The maximum atomic E-state index is 2.63. The fourth-order valence-corrected chi connectivity index (χ4v) is 10.5. The van der Waals surface area contributed by atoms with E-state index < -0.39 is 0 Å². The van der Waals surface area contributed by atoms with Gasteiger partial charge in [-0.2, -0.15) is 0 Å². The second-order valence-corrected chi connectivity index (χ2v) is 13.6. The first kappa shape index (κ1) is 22.5. The third-order valence-corrected chi connectivity index (χ3v) is 11.9. The number of para-hydroxylation sites is 1. The van der Waals surface area contributed by atoms with Gasteiger partial charge in [0, 0.05) is 16.8 Å². The average Bonchev–Trinajstić information content (AvgIpc) is 3.77. The molecule has 7 aromatic carbocycles. The lowest BCUT2D eigenvalue weighted by Gasteiger charge is -2.41. The van der Waals surface area contributed by atoms with Crippen LogP contribution in [0.2, 0.25) is 0 Å². The largest absolute Gasteiger partial charge is 0.304 e. The smallest absolute Gasteiger partial charge is 0.249 e. The highest BCUT2D eigenvalue weighted by atomic mass is 32.1. The Morgan fingerprint density at radius 3 is 1.89 bits per heavy atom. The Bertz CT molecular complexity index is 2620. The van der Waals surface area contributed by atoms with E-state index in [1.54, 1.807) is 0 Å². The molecule has 44 heavy (non-hydrogen) atoms. The quantitative estimate of drug-likeness (QED) is 0.153. The summed E-state index contributed by atoms with van der Waals surface area (Å²) in [7, 11) is 0. The van der Waals surface area contributed by atoms with Gasteiger partial charge in [-0.3, -0.25) is 0 Å². The van der Waals surface area contributed by atoms with Gasteiger partial charge in [0.25, 0.3) is 0 Å². The van der Waals surface area contributed by atoms with Crippen molar-refractivity contribution < 1.29 is 0 Å². The molecule has 0 fully saturated rings. The molecule has 4 heteroatoms. The second kappa shape index (κ2) is 7.53. The lowest BCUT2D eigenvalue weighted by Crippen LogP contribution is -2.62. The zero-order chi connectivity index (χ0) is 28.3. The number of nitrogens with zero attached hydrogens (tertiary/aromatic N) is 1. The van der Waals surface area contributed by atoms with E-state index >= 15 is 0 Å². The van der Waals surface area contributed by atoms with Crippen LogP contribution in [0, 0.1) is 0 Å². The van der Waals surface area contributed by atoms with E-state index in [0.717, 1.165) is 0 Å². The summed E-state index contributed by atoms with van der Waals surface area (Å²) in [6.07, 6.45) is 0. The van der Waals surface area contributed by atoms with E-state index in [1.807, 2.05) is 11.3 Å². The van der Waals surface area contributed by atoms with E-state index in [2.05, 4.69) is 132 Å². The highest BCUT2D eigenvalue weighted by Crippen LogP contribution is 2.48. The maximum absolute atomic E-state index is 2.63. The minimum absolute atomic E-state index is 0.217. The second-order valence-electron chi connectivity index (χ2n) is 12.7. The molecule has 1 aromatic heterocycles. The molecule has 0 bridgehead atoms. The van der Waals surface area contributed by atoms with Crippen LogP contribution in [0.4, 0.5) is 16.4 Å². The highest BCUT2D eigenvalue weighted by molar-refractivity contribution is 7.20. The zero-order valence-electron chi connectivity index (χ0n) is 23.6. The van der Waals surface area contributed by atoms with Crippen LogP contribution < -0.4 is 37.7 Å². The van der Waals surface area contributed by atoms with Crippen LogP contribution >= 0.6 is 11.3 Å². The van der Waals surface area contributed by atoms with Crippen molar-refractivity contribution in [2.24, 2.45) is 0 Å². The molecule has 8 aromatic rings. The molecule has 12 rings (SSSR count). The molecular formula is C40H21B2NS. The van der Waals surface area contributed by atoms with Gasteiger partial charge in [0.1, 0.15) is 0 Å². The Morgan fingerprint density at radius 2 is 1.07 bits per heavy atom. The van der Waals surface area contributed by atoms with Crippen LogP contribution in [-0.2, 0) is 0 Å². The van der Waals surface area contributed by atoms with Crippen molar-refractivity contribution >= 4 is 106 Å². The first-order valence-corrected chi connectivity index (χ1v) is 16.4. The summed E-state index contributed by atoms with van der Waals surface area (Å²) < 4.78 is 0. The molecule has 0 spiro atoms. The van der Waals surface area contributed by atoms with Crippen molar-refractivity contribution in [2.45, 2.75) is 0 Å². The molecule has 0 unspecified atom stereocenters. The fourth-order valence-electron chi connectivity index (χ4n) is 9.42. The zero-order valence-corrected chi connectivity index (χ0v) is 24.5. The van der Waals surface area contributed by atoms with Gasteiger partial charge < -0.3 is 4.90 Å². The number of thiophene rings is 1. The lowest BCUT2D eigenvalue weighted by atomic mass is 9.32. The van der Waals surface area contributed by atoms with Gasteiger partial charge in [0.05, 0.1) is 5.00 Å². The molecule has 4 aliphatic heterocycles. The Balaban J connectivity index is 1.24. The van der Waals surface area contributed by atoms with Crippen molar-refractivity contribution in [1.82, 2.24) is 0 Å². The summed E-state index contributed by atoms with van der Waals surface area (Å²) >= 11 is 1.92. The van der Waals surface area contributed by atoms with Crippen molar-refractivity contribution in [3.05, 3.63) is 127 Å². The normalized spacial score (nSPS) is 14.2. The van der Waals surface area contributed by atoms with Gasteiger partial charge in [-0.1, -0.05) is 126 Å². The summed E-state index contributed by atoms with van der Waals surface area (Å²) in [6.45, 7) is 0.515. The summed E-state index contributed by atoms with van der Waals surface area (Å²) in [5.74, 6) is 0. The Kier molecular flexibility index (Phi) is 3.85. The van der Waals surface area contributed by atoms with Crippen molar-refractivity contribution in [3.63, 3.8) is 0 Å². The molecule has 0 saturated heterocycles. The van der Waals surface area contributed by atoms with E-state index in [-0.39, 0.29) is 6.71 Å². The first-order chi connectivity index (χ1) is 21.9. The molecule has 198 valence electrons. The topological polar surface area (TPSA) is 3.24 Å². The molecule has 0 N–H and O–H groups in total. The Labute approximate surface area is 259 Å². The molecular weight excluding hydrogens is 548 g/mol. The average molecular weight is 569 g/mol. The SMILES string of the molecule is c1ccc2c(c1)B1c3cccc4c3N(c3cccc5c3B4c3ccc4c6ccccc6c6ccccc6c4c3-5)c3scc-2c31. The molecule has 0 amide bonds. The van der Waals surface area contributed by atoms with Crippen molar-refractivity contribution in [3.8, 4) is 22.3 Å². The van der Waals surface area contributed by atoms with Crippen LogP contribution in [0.25, 0.3) is 54.6 Å². The molecule has 0 aliphatic carbocycles. The van der Waals surface area contributed by atoms with E-state index in [9.17, 15) is 0 Å². The Morgan fingerprint density at radius 1 is 0.455 bits per heavy atom. The lowest BCUT2D eigenvalue weighted by molar-refractivity contribution is 1.34. The van der Waals surface area contributed by atoms with Gasteiger partial charge in [0.2, 0.25) is 13.4 Å². The summed E-state index contributed by atoms with van der Waals surface area (Å²) in [6, 6.07) is 46.1. The summed E-state index contributed by atoms with van der Waals surface area (Å²) in [5, 5.41) is 11.9. The predicted octanol–water partition coefficient (Wildman–Crippen LogP) is 6.30. The maximum Gasteiger partial charge on any atom is 0.249 e. The van der Waals surface area contributed by atoms with Gasteiger partial charge in [0.15, 0.2) is 0 Å². The monoisotopic (exact) mass is 569 g/mol. The van der Waals surface area contributed by atoms with Crippen LogP contribution in [0.5, 0.6) is 0 Å². The third-order valence-electron chi connectivity index (χ3n) is 10.9. The number of hydrogen-bond acceptors (Lipinski definition) is 2. The molecule has 0 radical (unpaired) electrons. The van der Waals surface area contributed by atoms with Crippen LogP contribution in [-0.4, -0.2) is 13.4 Å². The van der Waals surface area contributed by atoms with E-state index in [1.165, 1.54) is 104 Å². The molecule has 4 aliphatic rings. The fraction of sp³-hybridized carbons (Fsp3) is 0. The van der Waals surface area contributed by atoms with E-state index in [0.29, 0.717) is 6.71 Å². The van der Waals surface area contributed by atoms with Crippen LogP contribution in [0.15, 0.2) is 127 Å².